The summed E-state index contributed by atoms with van der Waals surface area (Å²) >= 11 is 2.25. The van der Waals surface area contributed by atoms with E-state index in [1.54, 1.807) is 21.3 Å². The summed E-state index contributed by atoms with van der Waals surface area (Å²) in [5, 5.41) is 3.45. The SMILES string of the molecule is COc1cccc(CNCCc2cc(OC)c(I)cc2OC)c1. The molecule has 0 amide bonds. The largest absolute Gasteiger partial charge is 0.497 e. The number of hydrogen-bond donors (Lipinski definition) is 1. The molecule has 1 N–H and O–H groups in total. The fourth-order valence-electron chi connectivity index (χ4n) is 2.36. The topological polar surface area (TPSA) is 39.7 Å². The smallest absolute Gasteiger partial charge is 0.132 e. The van der Waals surface area contributed by atoms with E-state index in [9.17, 15) is 0 Å². The molecule has 2 aromatic carbocycles. The first-order valence-corrected chi connectivity index (χ1v) is 8.50. The van der Waals surface area contributed by atoms with Gasteiger partial charge >= 0.3 is 0 Å². The van der Waals surface area contributed by atoms with E-state index in [0.717, 1.165) is 45.9 Å². The van der Waals surface area contributed by atoms with E-state index in [4.69, 9.17) is 14.2 Å². The monoisotopic (exact) mass is 427 g/mol. The quantitative estimate of drug-likeness (QED) is 0.516. The summed E-state index contributed by atoms with van der Waals surface area (Å²) in [5.74, 6) is 2.67. The van der Waals surface area contributed by atoms with Crippen molar-refractivity contribution in [2.75, 3.05) is 27.9 Å². The van der Waals surface area contributed by atoms with Crippen LogP contribution in [0.5, 0.6) is 17.2 Å². The third kappa shape index (κ3) is 5.00. The van der Waals surface area contributed by atoms with Crippen molar-refractivity contribution in [2.24, 2.45) is 0 Å². The van der Waals surface area contributed by atoms with Gasteiger partial charge in [0, 0.05) is 6.54 Å². The van der Waals surface area contributed by atoms with Crippen LogP contribution in [0.1, 0.15) is 11.1 Å². The third-order valence-corrected chi connectivity index (χ3v) is 4.43. The van der Waals surface area contributed by atoms with E-state index in [1.807, 2.05) is 30.3 Å². The van der Waals surface area contributed by atoms with Gasteiger partial charge in [0.2, 0.25) is 0 Å². The molecule has 2 aromatic rings. The van der Waals surface area contributed by atoms with Gasteiger partial charge in [-0.1, -0.05) is 12.1 Å². The lowest BCUT2D eigenvalue weighted by Gasteiger charge is -2.13. The molecule has 0 spiro atoms. The van der Waals surface area contributed by atoms with Gasteiger partial charge in [-0.15, -0.1) is 0 Å². The van der Waals surface area contributed by atoms with Crippen molar-refractivity contribution >= 4 is 22.6 Å². The van der Waals surface area contributed by atoms with Crippen LogP contribution in [0.3, 0.4) is 0 Å². The molecule has 0 aliphatic heterocycles. The van der Waals surface area contributed by atoms with Crippen molar-refractivity contribution < 1.29 is 14.2 Å². The van der Waals surface area contributed by atoms with Crippen molar-refractivity contribution in [3.8, 4) is 17.2 Å². The van der Waals surface area contributed by atoms with Crippen LogP contribution in [0, 0.1) is 3.57 Å². The summed E-state index contributed by atoms with van der Waals surface area (Å²) in [7, 11) is 5.07. The lowest BCUT2D eigenvalue weighted by Crippen LogP contribution is -2.17. The second-order valence-corrected chi connectivity index (χ2v) is 6.24. The zero-order chi connectivity index (χ0) is 16.7. The van der Waals surface area contributed by atoms with Crippen LogP contribution in [-0.2, 0) is 13.0 Å². The van der Waals surface area contributed by atoms with Gasteiger partial charge in [-0.25, -0.2) is 0 Å². The number of methoxy groups -OCH3 is 3. The van der Waals surface area contributed by atoms with E-state index < -0.39 is 0 Å². The zero-order valence-corrected chi connectivity index (χ0v) is 15.8. The minimum atomic E-state index is 0.807. The first kappa shape index (κ1) is 17.9. The number of rotatable bonds is 8. The van der Waals surface area contributed by atoms with Crippen molar-refractivity contribution in [1.29, 1.82) is 0 Å². The Morgan fingerprint density at radius 2 is 1.74 bits per heavy atom. The summed E-state index contributed by atoms with van der Waals surface area (Å²) in [4.78, 5) is 0. The Morgan fingerprint density at radius 3 is 2.43 bits per heavy atom. The first-order valence-electron chi connectivity index (χ1n) is 7.42. The van der Waals surface area contributed by atoms with Crippen LogP contribution in [0.4, 0.5) is 0 Å². The van der Waals surface area contributed by atoms with Crippen molar-refractivity contribution in [3.05, 3.63) is 51.1 Å². The van der Waals surface area contributed by atoms with Gasteiger partial charge in [-0.2, -0.15) is 0 Å². The van der Waals surface area contributed by atoms with Gasteiger partial charge in [0.15, 0.2) is 0 Å². The highest BCUT2D eigenvalue weighted by atomic mass is 127. The molecular formula is C18H22INO3. The Hall–Kier alpha value is -1.47. The van der Waals surface area contributed by atoms with Gasteiger partial charge in [0.1, 0.15) is 17.2 Å². The fourth-order valence-corrected chi connectivity index (χ4v) is 3.02. The van der Waals surface area contributed by atoms with Crippen LogP contribution in [0.15, 0.2) is 36.4 Å². The van der Waals surface area contributed by atoms with E-state index in [1.165, 1.54) is 5.56 Å². The normalized spacial score (nSPS) is 10.4. The minimum absolute atomic E-state index is 0.807. The van der Waals surface area contributed by atoms with Crippen molar-refractivity contribution in [2.45, 2.75) is 13.0 Å². The second kappa shape index (κ2) is 8.98. The molecule has 0 bridgehead atoms. The second-order valence-electron chi connectivity index (χ2n) is 5.08. The number of ether oxygens (including phenoxy) is 3. The van der Waals surface area contributed by atoms with Crippen LogP contribution >= 0.6 is 22.6 Å². The molecule has 2 rings (SSSR count). The molecule has 124 valence electrons. The molecule has 0 unspecified atom stereocenters. The molecule has 0 saturated carbocycles. The highest BCUT2D eigenvalue weighted by Gasteiger charge is 2.09. The minimum Gasteiger partial charge on any atom is -0.497 e. The number of halogens is 1. The van der Waals surface area contributed by atoms with E-state index >= 15 is 0 Å². The Balaban J connectivity index is 1.93. The summed E-state index contributed by atoms with van der Waals surface area (Å²) < 4.78 is 17.1. The number of nitrogens with one attached hydrogen (secondary N) is 1. The first-order chi connectivity index (χ1) is 11.2. The average Bonchev–Trinajstić information content (AvgIpc) is 2.59. The molecule has 23 heavy (non-hydrogen) atoms. The van der Waals surface area contributed by atoms with Crippen LogP contribution in [0.25, 0.3) is 0 Å². The standard InChI is InChI=1S/C18H22INO3/c1-21-15-6-4-5-13(9-15)12-20-8-7-14-10-18(23-3)16(19)11-17(14)22-2/h4-6,9-11,20H,7-8,12H2,1-3H3. The number of benzene rings is 2. The fraction of sp³-hybridized carbons (Fsp3) is 0.333. The predicted octanol–water partition coefficient (Wildman–Crippen LogP) is 3.65. The summed E-state index contributed by atoms with van der Waals surface area (Å²) in [6.07, 6.45) is 0.875. The molecule has 5 heteroatoms. The molecule has 0 heterocycles. The average molecular weight is 427 g/mol. The molecule has 0 fully saturated rings. The van der Waals surface area contributed by atoms with Gasteiger partial charge in [0.25, 0.3) is 0 Å². The van der Waals surface area contributed by atoms with Crippen LogP contribution < -0.4 is 19.5 Å². The van der Waals surface area contributed by atoms with Crippen LogP contribution in [-0.4, -0.2) is 27.9 Å². The third-order valence-electron chi connectivity index (χ3n) is 3.59. The Labute approximate surface area is 151 Å². The number of hydrogen-bond acceptors (Lipinski definition) is 4. The maximum atomic E-state index is 5.47. The molecule has 0 aliphatic carbocycles. The maximum Gasteiger partial charge on any atom is 0.132 e. The van der Waals surface area contributed by atoms with Gasteiger partial charge in [0.05, 0.1) is 24.9 Å². The Bertz CT molecular complexity index is 646. The molecule has 0 radical (unpaired) electrons. The van der Waals surface area contributed by atoms with Gasteiger partial charge in [-0.3, -0.25) is 0 Å². The molecule has 0 atom stereocenters. The molecule has 0 saturated heterocycles. The van der Waals surface area contributed by atoms with Crippen molar-refractivity contribution in [1.82, 2.24) is 5.32 Å². The highest BCUT2D eigenvalue weighted by molar-refractivity contribution is 14.1. The maximum absolute atomic E-state index is 5.47. The van der Waals surface area contributed by atoms with Crippen LogP contribution in [0.2, 0.25) is 0 Å². The Kier molecular flexibility index (Phi) is 6.98. The predicted molar refractivity (Wildman–Crippen MR) is 101 cm³/mol. The Morgan fingerprint density at radius 1 is 0.957 bits per heavy atom. The van der Waals surface area contributed by atoms with Crippen molar-refractivity contribution in [3.63, 3.8) is 0 Å². The lowest BCUT2D eigenvalue weighted by atomic mass is 10.1. The van der Waals surface area contributed by atoms with E-state index in [-0.39, 0.29) is 0 Å². The zero-order valence-electron chi connectivity index (χ0n) is 13.7. The lowest BCUT2D eigenvalue weighted by molar-refractivity contribution is 0.396. The van der Waals surface area contributed by atoms with Gasteiger partial charge < -0.3 is 19.5 Å². The van der Waals surface area contributed by atoms with E-state index in [2.05, 4.69) is 34.0 Å². The summed E-state index contributed by atoms with van der Waals surface area (Å²) in [6.45, 7) is 1.67. The highest BCUT2D eigenvalue weighted by Crippen LogP contribution is 2.30. The molecule has 4 nitrogen and oxygen atoms in total. The van der Waals surface area contributed by atoms with Gasteiger partial charge in [-0.05, 0) is 70.9 Å². The molecule has 0 aliphatic rings. The summed E-state index contributed by atoms with van der Waals surface area (Å²) in [5.41, 5.74) is 2.35. The summed E-state index contributed by atoms with van der Waals surface area (Å²) in [6, 6.07) is 12.1. The molecule has 0 aromatic heterocycles. The molecular weight excluding hydrogens is 405 g/mol. The van der Waals surface area contributed by atoms with E-state index in [0.29, 0.717) is 0 Å².